The molecule has 2 N–H and O–H groups in total. The molecule has 0 fully saturated rings. The molecular weight excluding hydrogens is 166 g/mol. The van der Waals surface area contributed by atoms with Crippen LogP contribution in [0.1, 0.15) is 17.7 Å². The summed E-state index contributed by atoms with van der Waals surface area (Å²) in [5.41, 5.74) is 7.01. The van der Waals surface area contributed by atoms with Crippen LogP contribution in [0.5, 0.6) is 0 Å². The molecule has 0 aliphatic carbocycles. The molecule has 1 nitrogen and oxygen atoms in total. The molecule has 0 saturated heterocycles. The summed E-state index contributed by atoms with van der Waals surface area (Å²) in [6.07, 6.45) is 0. The number of thioether (sulfide) groups is 1. The summed E-state index contributed by atoms with van der Waals surface area (Å²) in [5, 5.41) is 0.469. The van der Waals surface area contributed by atoms with Gasteiger partial charge in [0.15, 0.2) is 0 Å². The minimum Gasteiger partial charge on any atom is -0.329 e. The molecule has 1 unspecified atom stereocenters. The predicted molar refractivity (Wildman–Crippen MR) is 56.4 cm³/mol. The fourth-order valence-corrected chi connectivity index (χ4v) is 2.06. The highest BCUT2D eigenvalue weighted by atomic mass is 32.2. The van der Waals surface area contributed by atoms with E-state index in [0.717, 1.165) is 12.3 Å². The quantitative estimate of drug-likeness (QED) is 0.772. The van der Waals surface area contributed by atoms with Gasteiger partial charge in [-0.25, -0.2) is 0 Å². The van der Waals surface area contributed by atoms with Crippen molar-refractivity contribution in [3.8, 4) is 0 Å². The first-order valence-electron chi connectivity index (χ1n) is 4.25. The number of rotatable bonds is 4. The van der Waals surface area contributed by atoms with Gasteiger partial charge in [0.25, 0.3) is 0 Å². The standard InChI is InChI=1S/C10H15NS/c1-2-12-10(8-11)9-6-4-3-5-7-9/h3-7,10H,2,8,11H2,1H3. The molecule has 0 aromatic heterocycles. The lowest BCUT2D eigenvalue weighted by atomic mass is 10.1. The van der Waals surface area contributed by atoms with Gasteiger partial charge >= 0.3 is 0 Å². The normalized spacial score (nSPS) is 12.8. The molecule has 1 aromatic rings. The fourth-order valence-electron chi connectivity index (χ4n) is 1.17. The van der Waals surface area contributed by atoms with Crippen molar-refractivity contribution in [2.24, 2.45) is 5.73 Å². The van der Waals surface area contributed by atoms with Gasteiger partial charge in [0.05, 0.1) is 0 Å². The zero-order valence-corrected chi connectivity index (χ0v) is 8.18. The first kappa shape index (κ1) is 9.62. The van der Waals surface area contributed by atoms with Crippen molar-refractivity contribution < 1.29 is 0 Å². The van der Waals surface area contributed by atoms with Gasteiger partial charge in [-0.2, -0.15) is 11.8 Å². The Morgan fingerprint density at radius 2 is 2.00 bits per heavy atom. The van der Waals surface area contributed by atoms with E-state index in [2.05, 4.69) is 31.2 Å². The summed E-state index contributed by atoms with van der Waals surface area (Å²) < 4.78 is 0. The Balaban J connectivity index is 2.66. The van der Waals surface area contributed by atoms with Crippen LogP contribution in [0.15, 0.2) is 30.3 Å². The van der Waals surface area contributed by atoms with E-state index in [0.29, 0.717) is 5.25 Å². The van der Waals surface area contributed by atoms with Crippen molar-refractivity contribution in [1.82, 2.24) is 0 Å². The second kappa shape index (κ2) is 5.22. The van der Waals surface area contributed by atoms with E-state index >= 15 is 0 Å². The summed E-state index contributed by atoms with van der Waals surface area (Å²) in [5.74, 6) is 1.12. The third-order valence-electron chi connectivity index (χ3n) is 1.75. The van der Waals surface area contributed by atoms with Crippen molar-refractivity contribution in [3.05, 3.63) is 35.9 Å². The second-order valence-corrected chi connectivity index (χ2v) is 4.07. The van der Waals surface area contributed by atoms with Crippen LogP contribution in [0.4, 0.5) is 0 Å². The lowest BCUT2D eigenvalue weighted by Gasteiger charge is -2.12. The highest BCUT2D eigenvalue weighted by Gasteiger charge is 2.06. The van der Waals surface area contributed by atoms with Gasteiger partial charge in [-0.15, -0.1) is 0 Å². The van der Waals surface area contributed by atoms with Crippen molar-refractivity contribution >= 4 is 11.8 Å². The molecule has 12 heavy (non-hydrogen) atoms. The zero-order chi connectivity index (χ0) is 8.81. The summed E-state index contributed by atoms with van der Waals surface area (Å²) >= 11 is 1.90. The largest absolute Gasteiger partial charge is 0.329 e. The molecule has 0 aliphatic heterocycles. The van der Waals surface area contributed by atoms with Crippen molar-refractivity contribution in [3.63, 3.8) is 0 Å². The summed E-state index contributed by atoms with van der Waals surface area (Å²) in [6, 6.07) is 10.4. The van der Waals surface area contributed by atoms with Crippen LogP contribution in [0, 0.1) is 0 Å². The van der Waals surface area contributed by atoms with Crippen LogP contribution < -0.4 is 5.73 Å². The number of benzene rings is 1. The van der Waals surface area contributed by atoms with Gasteiger partial charge in [-0.1, -0.05) is 37.3 Å². The average Bonchev–Trinajstić information content (AvgIpc) is 2.15. The minimum absolute atomic E-state index is 0.469. The molecule has 2 heteroatoms. The van der Waals surface area contributed by atoms with Gasteiger partial charge in [0.2, 0.25) is 0 Å². The molecule has 0 amide bonds. The zero-order valence-electron chi connectivity index (χ0n) is 7.36. The number of hydrogen-bond acceptors (Lipinski definition) is 2. The minimum atomic E-state index is 0.469. The lowest BCUT2D eigenvalue weighted by molar-refractivity contribution is 0.942. The van der Waals surface area contributed by atoms with Crippen LogP contribution in [0.3, 0.4) is 0 Å². The second-order valence-electron chi connectivity index (χ2n) is 2.59. The Bertz CT molecular complexity index is 210. The summed E-state index contributed by atoms with van der Waals surface area (Å²) in [7, 11) is 0. The van der Waals surface area contributed by atoms with E-state index in [9.17, 15) is 0 Å². The smallest absolute Gasteiger partial charge is 0.0419 e. The van der Waals surface area contributed by atoms with Crippen LogP contribution in [0.2, 0.25) is 0 Å². The van der Waals surface area contributed by atoms with Crippen molar-refractivity contribution in [2.45, 2.75) is 12.2 Å². The molecule has 0 heterocycles. The number of nitrogens with two attached hydrogens (primary N) is 1. The van der Waals surface area contributed by atoms with E-state index in [1.807, 2.05) is 17.8 Å². The van der Waals surface area contributed by atoms with Crippen LogP contribution in [0.25, 0.3) is 0 Å². The maximum absolute atomic E-state index is 5.67. The SMILES string of the molecule is CCSC(CN)c1ccccc1. The van der Waals surface area contributed by atoms with E-state index < -0.39 is 0 Å². The molecule has 1 aromatic carbocycles. The molecule has 0 radical (unpaired) electrons. The van der Waals surface area contributed by atoms with Crippen LogP contribution in [-0.4, -0.2) is 12.3 Å². The summed E-state index contributed by atoms with van der Waals surface area (Å²) in [4.78, 5) is 0. The van der Waals surface area contributed by atoms with Gasteiger partial charge < -0.3 is 5.73 Å². The lowest BCUT2D eigenvalue weighted by Crippen LogP contribution is -2.09. The van der Waals surface area contributed by atoms with Crippen LogP contribution in [-0.2, 0) is 0 Å². The molecule has 66 valence electrons. The van der Waals surface area contributed by atoms with E-state index in [1.54, 1.807) is 0 Å². The predicted octanol–water partition coefficient (Wildman–Crippen LogP) is 2.44. The molecule has 1 atom stereocenters. The average molecular weight is 181 g/mol. The molecule has 0 aliphatic rings. The maximum atomic E-state index is 5.67. The Morgan fingerprint density at radius 1 is 1.33 bits per heavy atom. The van der Waals surface area contributed by atoms with Gasteiger partial charge in [-0.05, 0) is 11.3 Å². The van der Waals surface area contributed by atoms with Crippen molar-refractivity contribution in [2.75, 3.05) is 12.3 Å². The van der Waals surface area contributed by atoms with Gasteiger partial charge in [0, 0.05) is 11.8 Å². The van der Waals surface area contributed by atoms with Crippen LogP contribution >= 0.6 is 11.8 Å². The van der Waals surface area contributed by atoms with Crippen molar-refractivity contribution in [1.29, 1.82) is 0 Å². The third-order valence-corrected chi connectivity index (χ3v) is 2.95. The summed E-state index contributed by atoms with van der Waals surface area (Å²) in [6.45, 7) is 2.89. The fraction of sp³-hybridized carbons (Fsp3) is 0.400. The highest BCUT2D eigenvalue weighted by Crippen LogP contribution is 2.26. The molecule has 1 rings (SSSR count). The first-order valence-corrected chi connectivity index (χ1v) is 5.30. The Labute approximate surface area is 78.4 Å². The number of hydrogen-bond donors (Lipinski definition) is 1. The first-order chi connectivity index (χ1) is 5.88. The Morgan fingerprint density at radius 3 is 2.50 bits per heavy atom. The molecule has 0 bridgehead atoms. The van der Waals surface area contributed by atoms with Gasteiger partial charge in [-0.3, -0.25) is 0 Å². The monoisotopic (exact) mass is 181 g/mol. The van der Waals surface area contributed by atoms with E-state index in [1.165, 1.54) is 5.56 Å². The van der Waals surface area contributed by atoms with E-state index in [-0.39, 0.29) is 0 Å². The molecular formula is C10H15NS. The maximum Gasteiger partial charge on any atom is 0.0419 e. The molecule has 0 saturated carbocycles. The van der Waals surface area contributed by atoms with Gasteiger partial charge in [0.1, 0.15) is 0 Å². The topological polar surface area (TPSA) is 26.0 Å². The Kier molecular flexibility index (Phi) is 4.19. The van der Waals surface area contributed by atoms with E-state index in [4.69, 9.17) is 5.73 Å². The third kappa shape index (κ3) is 2.54. The Hall–Kier alpha value is -0.470. The molecule has 0 spiro atoms. The highest BCUT2D eigenvalue weighted by molar-refractivity contribution is 7.99.